The van der Waals surface area contributed by atoms with Crippen LogP contribution in [0.4, 0.5) is 0 Å². The fourth-order valence-electron chi connectivity index (χ4n) is 3.09. The second kappa shape index (κ2) is 6.58. The van der Waals surface area contributed by atoms with Crippen molar-refractivity contribution in [2.45, 2.75) is 6.54 Å². The number of aromatic nitrogens is 3. The zero-order valence-electron chi connectivity index (χ0n) is 13.7. The van der Waals surface area contributed by atoms with Crippen molar-refractivity contribution >= 4 is 45.2 Å². The first-order chi connectivity index (χ1) is 12.2. The van der Waals surface area contributed by atoms with Crippen molar-refractivity contribution in [2.24, 2.45) is 0 Å². The fraction of sp³-hybridized carbons (Fsp3) is 0.158. The number of aromatic amines is 1. The number of nitrogens with zero attached hydrogens (tertiary/aromatic N) is 2. The van der Waals surface area contributed by atoms with Crippen molar-refractivity contribution in [1.29, 1.82) is 0 Å². The lowest BCUT2D eigenvalue weighted by Gasteiger charge is -2.01. The summed E-state index contributed by atoms with van der Waals surface area (Å²) in [6, 6.07) is 15.4. The molecule has 4 rings (SSSR count). The van der Waals surface area contributed by atoms with Crippen LogP contribution in [0.3, 0.4) is 0 Å². The highest BCUT2D eigenvalue weighted by Gasteiger charge is 2.21. The van der Waals surface area contributed by atoms with Gasteiger partial charge in [0.05, 0.1) is 11.4 Å². The number of rotatable bonds is 4. The van der Waals surface area contributed by atoms with Gasteiger partial charge < -0.3 is 0 Å². The lowest BCUT2D eigenvalue weighted by Crippen LogP contribution is -2.39. The van der Waals surface area contributed by atoms with Crippen molar-refractivity contribution in [3.63, 3.8) is 0 Å². The number of aryl methyl sites for hydroxylation is 1. The minimum Gasteiger partial charge on any atom is -0.284 e. The molecular formula is C19H17ClN3OS+. The number of H-pyrrole nitrogens is 1. The Kier molecular flexibility index (Phi) is 4.27. The molecule has 4 nitrogen and oxygen atoms in total. The predicted molar refractivity (Wildman–Crippen MR) is 105 cm³/mol. The van der Waals surface area contributed by atoms with E-state index in [9.17, 15) is 4.79 Å². The molecule has 25 heavy (non-hydrogen) atoms. The zero-order chi connectivity index (χ0) is 17.4. The van der Waals surface area contributed by atoms with Crippen molar-refractivity contribution in [3.8, 4) is 5.69 Å². The molecule has 1 N–H and O–H groups in total. The highest BCUT2D eigenvalue weighted by Crippen LogP contribution is 2.20. The van der Waals surface area contributed by atoms with Crippen molar-refractivity contribution in [3.05, 3.63) is 70.1 Å². The van der Waals surface area contributed by atoms with E-state index in [2.05, 4.69) is 28.2 Å². The highest BCUT2D eigenvalue weighted by molar-refractivity contribution is 7.98. The average molecular weight is 371 g/mol. The summed E-state index contributed by atoms with van der Waals surface area (Å²) >= 11 is 7.74. The van der Waals surface area contributed by atoms with E-state index in [4.69, 9.17) is 11.6 Å². The van der Waals surface area contributed by atoms with Crippen molar-refractivity contribution in [1.82, 2.24) is 9.78 Å². The number of halogens is 1. The van der Waals surface area contributed by atoms with E-state index in [1.807, 2.05) is 30.3 Å². The fourth-order valence-corrected chi connectivity index (χ4v) is 3.60. The van der Waals surface area contributed by atoms with Crippen LogP contribution in [0.5, 0.6) is 0 Å². The summed E-state index contributed by atoms with van der Waals surface area (Å²) in [7, 11) is 0. The standard InChI is InChI=1S/C19H16ClN3OS/c1-25-11-10-22-12-13-4-2-3-5-16(13)17-18(22)19(24)23(21-17)15-8-6-14(20)7-9-15/h2-9,12H,10-11H2,1H3/p+1. The van der Waals surface area contributed by atoms with Gasteiger partial charge >= 0.3 is 5.56 Å². The number of pyridine rings is 1. The smallest absolute Gasteiger partial charge is 0.284 e. The third kappa shape index (κ3) is 2.83. The summed E-state index contributed by atoms with van der Waals surface area (Å²) in [6.07, 6.45) is 4.14. The van der Waals surface area contributed by atoms with Gasteiger partial charge in [-0.05, 0) is 36.6 Å². The van der Waals surface area contributed by atoms with E-state index >= 15 is 0 Å². The molecule has 0 saturated heterocycles. The van der Waals surface area contributed by atoms with E-state index in [1.54, 1.807) is 28.6 Å². The van der Waals surface area contributed by atoms with E-state index in [-0.39, 0.29) is 5.56 Å². The summed E-state index contributed by atoms with van der Waals surface area (Å²) in [6.45, 7) is 0.788. The van der Waals surface area contributed by atoms with Crippen LogP contribution < -0.4 is 10.1 Å². The molecule has 2 aromatic heterocycles. The van der Waals surface area contributed by atoms with Crippen LogP contribution in [0.1, 0.15) is 0 Å². The first-order valence-electron chi connectivity index (χ1n) is 8.00. The molecule has 0 fully saturated rings. The van der Waals surface area contributed by atoms with Gasteiger partial charge in [-0.3, -0.25) is 9.89 Å². The summed E-state index contributed by atoms with van der Waals surface area (Å²) in [5.74, 6) is 0.948. The highest BCUT2D eigenvalue weighted by atomic mass is 35.5. The Morgan fingerprint density at radius 3 is 2.68 bits per heavy atom. The first kappa shape index (κ1) is 16.2. The average Bonchev–Trinajstić information content (AvgIpc) is 2.98. The molecule has 4 aromatic rings. The first-order valence-corrected chi connectivity index (χ1v) is 9.77. The third-order valence-electron chi connectivity index (χ3n) is 4.30. The molecule has 6 heteroatoms. The van der Waals surface area contributed by atoms with Crippen LogP contribution in [-0.2, 0) is 6.54 Å². The summed E-state index contributed by atoms with van der Waals surface area (Å²) < 4.78 is 3.64. The van der Waals surface area contributed by atoms with Crippen LogP contribution >= 0.6 is 23.4 Å². The van der Waals surface area contributed by atoms with E-state index in [1.165, 1.54) is 0 Å². The second-order valence-corrected chi connectivity index (χ2v) is 7.28. The van der Waals surface area contributed by atoms with Crippen molar-refractivity contribution in [2.75, 3.05) is 12.0 Å². The van der Waals surface area contributed by atoms with Crippen LogP contribution in [0.2, 0.25) is 5.02 Å². The Balaban J connectivity index is 2.04. The van der Waals surface area contributed by atoms with Gasteiger partial charge in [-0.25, -0.2) is 4.68 Å². The zero-order valence-corrected chi connectivity index (χ0v) is 15.3. The van der Waals surface area contributed by atoms with Gasteiger partial charge in [0.15, 0.2) is 12.7 Å². The topological polar surface area (TPSA) is 41.7 Å². The molecule has 0 atom stereocenters. The summed E-state index contributed by atoms with van der Waals surface area (Å²) in [4.78, 5) is 13.1. The summed E-state index contributed by atoms with van der Waals surface area (Å²) in [5.41, 5.74) is 2.28. The Morgan fingerprint density at radius 1 is 1.16 bits per heavy atom. The Morgan fingerprint density at radius 2 is 1.92 bits per heavy atom. The molecule has 2 heterocycles. The maximum atomic E-state index is 13.1. The maximum Gasteiger partial charge on any atom is 0.344 e. The van der Waals surface area contributed by atoms with Gasteiger partial charge in [0.1, 0.15) is 5.52 Å². The number of benzene rings is 2. The third-order valence-corrected chi connectivity index (χ3v) is 5.14. The van der Waals surface area contributed by atoms with Gasteiger partial charge in [0.2, 0.25) is 0 Å². The molecule has 0 saturated carbocycles. The maximum absolute atomic E-state index is 13.1. The SMILES string of the molecule is CSCC[n+]1cc2ccccc2c2[nH]n(-c3ccc(Cl)cc3)c(=O)c21. The Hall–Kier alpha value is -2.24. The van der Waals surface area contributed by atoms with Gasteiger partial charge in [-0.15, -0.1) is 0 Å². The molecule has 0 spiro atoms. The van der Waals surface area contributed by atoms with Crippen LogP contribution in [0.25, 0.3) is 27.5 Å². The van der Waals surface area contributed by atoms with Crippen LogP contribution in [0, 0.1) is 0 Å². The normalized spacial score (nSPS) is 11.4. The van der Waals surface area contributed by atoms with Gasteiger partial charge in [-0.2, -0.15) is 16.3 Å². The number of thioether (sulfide) groups is 1. The number of nitrogens with one attached hydrogen (secondary N) is 1. The quantitative estimate of drug-likeness (QED) is 0.555. The number of hydrogen-bond acceptors (Lipinski definition) is 2. The second-order valence-electron chi connectivity index (χ2n) is 5.85. The summed E-state index contributed by atoms with van der Waals surface area (Å²) in [5, 5.41) is 6.10. The van der Waals surface area contributed by atoms with E-state index in [0.29, 0.717) is 10.5 Å². The predicted octanol–water partition coefficient (Wildman–Crippen LogP) is 3.78. The molecule has 0 bridgehead atoms. The number of fused-ring (bicyclic) bond motifs is 3. The molecule has 0 aliphatic rings. The van der Waals surface area contributed by atoms with Crippen LogP contribution in [0.15, 0.2) is 59.5 Å². The number of hydrogen-bond donors (Lipinski definition) is 1. The monoisotopic (exact) mass is 370 g/mol. The van der Waals surface area contributed by atoms with Gasteiger partial charge in [0.25, 0.3) is 5.52 Å². The van der Waals surface area contributed by atoms with E-state index < -0.39 is 0 Å². The molecule has 126 valence electrons. The van der Waals surface area contributed by atoms with Crippen molar-refractivity contribution < 1.29 is 4.57 Å². The minimum atomic E-state index is -0.0517. The molecule has 0 aliphatic heterocycles. The molecule has 2 aromatic carbocycles. The molecule has 0 radical (unpaired) electrons. The Bertz CT molecular complexity index is 1120. The lowest BCUT2D eigenvalue weighted by molar-refractivity contribution is -0.665. The van der Waals surface area contributed by atoms with E-state index in [0.717, 1.165) is 34.3 Å². The molecule has 0 aliphatic carbocycles. The molecule has 0 amide bonds. The lowest BCUT2D eigenvalue weighted by atomic mass is 10.1. The Labute approximate surface area is 154 Å². The van der Waals surface area contributed by atoms with Gasteiger partial charge in [0, 0.05) is 15.8 Å². The molecule has 0 unspecified atom stereocenters. The van der Waals surface area contributed by atoms with Gasteiger partial charge in [-0.1, -0.05) is 29.8 Å². The largest absolute Gasteiger partial charge is 0.344 e. The minimum absolute atomic E-state index is 0.0517. The van der Waals surface area contributed by atoms with Crippen LogP contribution in [-0.4, -0.2) is 21.8 Å². The molecular weight excluding hydrogens is 354 g/mol.